The molecule has 0 spiro atoms. The van der Waals surface area contributed by atoms with E-state index in [9.17, 15) is 14.7 Å². The number of aromatic nitrogens is 1. The molecule has 174 valence electrons. The van der Waals surface area contributed by atoms with Crippen LogP contribution in [0.4, 0.5) is 0 Å². The first-order valence-corrected chi connectivity index (χ1v) is 11.4. The first-order chi connectivity index (χ1) is 16.3. The fourth-order valence-corrected chi connectivity index (χ4v) is 5.05. The van der Waals surface area contributed by atoms with Crippen molar-refractivity contribution in [2.75, 3.05) is 14.2 Å². The van der Waals surface area contributed by atoms with Crippen LogP contribution in [-0.2, 0) is 19.1 Å². The number of allylic oxidation sites excluding steroid dienone is 2. The zero-order chi connectivity index (χ0) is 24.4. The Morgan fingerprint density at radius 1 is 0.941 bits per heavy atom. The predicted octanol–water partition coefficient (Wildman–Crippen LogP) is 4.76. The predicted molar refractivity (Wildman–Crippen MR) is 130 cm³/mol. The summed E-state index contributed by atoms with van der Waals surface area (Å²) in [5, 5.41) is 15.4. The van der Waals surface area contributed by atoms with Gasteiger partial charge in [0.25, 0.3) is 0 Å². The molecule has 4 rings (SSSR count). The van der Waals surface area contributed by atoms with Gasteiger partial charge >= 0.3 is 11.9 Å². The molecule has 8 heteroatoms. The molecule has 0 radical (unpaired) electrons. The largest absolute Gasteiger partial charge is 0.508 e. The second kappa shape index (κ2) is 9.52. The first-order valence-electron chi connectivity index (χ1n) is 10.5. The molecule has 0 fully saturated rings. The second-order valence-corrected chi connectivity index (χ2v) is 8.65. The molecule has 0 aliphatic carbocycles. The van der Waals surface area contributed by atoms with E-state index in [1.54, 1.807) is 38.1 Å². The Labute approximate surface area is 201 Å². The molecular weight excluding hydrogens is 452 g/mol. The van der Waals surface area contributed by atoms with Gasteiger partial charge in [-0.1, -0.05) is 24.3 Å². The van der Waals surface area contributed by atoms with E-state index in [4.69, 9.17) is 14.5 Å². The van der Waals surface area contributed by atoms with Gasteiger partial charge in [0.2, 0.25) is 0 Å². The van der Waals surface area contributed by atoms with Gasteiger partial charge in [-0.25, -0.2) is 14.6 Å². The summed E-state index contributed by atoms with van der Waals surface area (Å²) in [5.41, 5.74) is 5.09. The highest BCUT2D eigenvalue weighted by atomic mass is 32.1. The molecule has 0 atom stereocenters. The topological polar surface area (TPSA) is 97.8 Å². The smallest absolute Gasteiger partial charge is 0.336 e. The molecule has 0 amide bonds. The van der Waals surface area contributed by atoms with Crippen LogP contribution < -0.4 is 5.32 Å². The van der Waals surface area contributed by atoms with Crippen LogP contribution >= 0.6 is 11.3 Å². The van der Waals surface area contributed by atoms with Gasteiger partial charge in [-0.3, -0.25) is 0 Å². The number of nitrogens with zero attached hydrogens (tertiary/aromatic N) is 1. The van der Waals surface area contributed by atoms with E-state index in [1.165, 1.54) is 25.6 Å². The first kappa shape index (κ1) is 23.3. The van der Waals surface area contributed by atoms with Crippen LogP contribution in [0.3, 0.4) is 0 Å². The van der Waals surface area contributed by atoms with Crippen LogP contribution in [0.25, 0.3) is 21.8 Å². The van der Waals surface area contributed by atoms with Gasteiger partial charge in [0.15, 0.2) is 0 Å². The lowest BCUT2D eigenvalue weighted by Crippen LogP contribution is -2.32. The lowest BCUT2D eigenvalue weighted by molar-refractivity contribution is -0.137. The van der Waals surface area contributed by atoms with Gasteiger partial charge in [0.05, 0.1) is 37.0 Å². The summed E-state index contributed by atoms with van der Waals surface area (Å²) in [6.07, 6.45) is 0. The van der Waals surface area contributed by atoms with Crippen molar-refractivity contribution in [1.82, 2.24) is 10.3 Å². The minimum absolute atomic E-state index is 0.186. The van der Waals surface area contributed by atoms with Gasteiger partial charge in [-0.15, -0.1) is 11.3 Å². The zero-order valence-electron chi connectivity index (χ0n) is 19.2. The van der Waals surface area contributed by atoms with Gasteiger partial charge < -0.3 is 19.9 Å². The van der Waals surface area contributed by atoms with Crippen molar-refractivity contribution in [3.63, 3.8) is 0 Å². The number of hydrogen-bond donors (Lipinski definition) is 2. The summed E-state index contributed by atoms with van der Waals surface area (Å²) in [4.78, 5) is 30.5. The molecule has 1 aliphatic rings. The van der Waals surface area contributed by atoms with Crippen LogP contribution in [0.15, 0.2) is 76.5 Å². The maximum absolute atomic E-state index is 12.9. The Morgan fingerprint density at radius 3 is 2.12 bits per heavy atom. The van der Waals surface area contributed by atoms with Gasteiger partial charge in [0.1, 0.15) is 10.8 Å². The van der Waals surface area contributed by atoms with Crippen molar-refractivity contribution in [2.24, 2.45) is 0 Å². The summed E-state index contributed by atoms with van der Waals surface area (Å²) in [6, 6.07) is 14.4. The maximum atomic E-state index is 12.9. The van der Waals surface area contributed by atoms with Crippen LogP contribution in [-0.4, -0.2) is 36.2 Å². The number of thiazole rings is 1. The third-order valence-electron chi connectivity index (χ3n) is 5.74. The number of dihydropyridines is 1. The number of carbonyl (C=O) groups excluding carboxylic acids is 2. The molecule has 1 aromatic heterocycles. The quantitative estimate of drug-likeness (QED) is 0.512. The summed E-state index contributed by atoms with van der Waals surface area (Å²) in [7, 11) is 2.64. The molecule has 0 unspecified atom stereocenters. The van der Waals surface area contributed by atoms with Crippen LogP contribution in [0.2, 0.25) is 0 Å². The Morgan fingerprint density at radius 2 is 1.53 bits per heavy atom. The van der Waals surface area contributed by atoms with Crippen LogP contribution in [0.5, 0.6) is 5.75 Å². The summed E-state index contributed by atoms with van der Waals surface area (Å²) >= 11 is 1.46. The number of benzene rings is 2. The molecule has 0 saturated heterocycles. The molecule has 2 aromatic carbocycles. The molecule has 2 heterocycles. The molecule has 3 aromatic rings. The Kier molecular flexibility index (Phi) is 6.51. The molecule has 7 nitrogen and oxygen atoms in total. The number of phenols is 1. The van der Waals surface area contributed by atoms with E-state index >= 15 is 0 Å². The van der Waals surface area contributed by atoms with Crippen molar-refractivity contribution in [3.8, 4) is 27.6 Å². The van der Waals surface area contributed by atoms with E-state index in [0.29, 0.717) is 22.5 Å². The summed E-state index contributed by atoms with van der Waals surface area (Å²) in [6.45, 7) is 3.57. The molecule has 2 N–H and O–H groups in total. The third kappa shape index (κ3) is 4.20. The minimum atomic E-state index is -0.696. The van der Waals surface area contributed by atoms with Crippen LogP contribution in [0, 0.1) is 0 Å². The maximum Gasteiger partial charge on any atom is 0.336 e. The average molecular weight is 477 g/mol. The number of hydrogen-bond acceptors (Lipinski definition) is 8. The monoisotopic (exact) mass is 476 g/mol. The fraction of sp³-hybridized carbons (Fsp3) is 0.192. The number of ether oxygens (including phenoxy) is 2. The standard InChI is InChI=1S/C26H24N2O5S/c1-14-21(25(30)32-3)23(22(15(2)27-14)26(31)33-4)18-7-5-6-8-19(18)24-28-20(13-34-24)16-9-11-17(29)12-10-16/h5-13,23,27,29H,1-4H3. The van der Waals surface area contributed by atoms with Crippen molar-refractivity contribution in [1.29, 1.82) is 0 Å². The normalized spacial score (nSPS) is 14.1. The number of esters is 2. The Balaban J connectivity index is 1.89. The van der Waals surface area contributed by atoms with Gasteiger partial charge in [0, 0.05) is 27.9 Å². The molecule has 1 aliphatic heterocycles. The number of nitrogens with one attached hydrogen (secondary N) is 1. The van der Waals surface area contributed by atoms with Crippen molar-refractivity contribution in [3.05, 3.63) is 82.0 Å². The minimum Gasteiger partial charge on any atom is -0.508 e. The Bertz CT molecular complexity index is 1280. The lowest BCUT2D eigenvalue weighted by atomic mass is 9.78. The number of carbonyl (C=O) groups is 2. The third-order valence-corrected chi connectivity index (χ3v) is 6.62. The Hall–Kier alpha value is -3.91. The summed E-state index contributed by atoms with van der Waals surface area (Å²) < 4.78 is 10.2. The van der Waals surface area contributed by atoms with Crippen molar-refractivity contribution < 1.29 is 24.2 Å². The van der Waals surface area contributed by atoms with E-state index in [1.807, 2.05) is 29.6 Å². The fourth-order valence-electron chi connectivity index (χ4n) is 4.17. The number of rotatable bonds is 5. The van der Waals surface area contributed by atoms with Gasteiger partial charge in [-0.05, 0) is 43.7 Å². The number of methoxy groups -OCH3 is 2. The lowest BCUT2D eigenvalue weighted by Gasteiger charge is -2.31. The van der Waals surface area contributed by atoms with E-state index in [2.05, 4.69) is 5.32 Å². The molecular formula is C26H24N2O5S. The van der Waals surface area contributed by atoms with Crippen molar-refractivity contribution in [2.45, 2.75) is 19.8 Å². The van der Waals surface area contributed by atoms with E-state index < -0.39 is 17.9 Å². The highest BCUT2D eigenvalue weighted by Crippen LogP contribution is 2.43. The van der Waals surface area contributed by atoms with Gasteiger partial charge in [-0.2, -0.15) is 0 Å². The summed E-state index contributed by atoms with van der Waals surface area (Å²) in [5.74, 6) is -1.56. The molecule has 0 saturated carbocycles. The number of aromatic hydroxyl groups is 1. The number of phenolic OH excluding ortho intramolecular Hbond substituents is 1. The van der Waals surface area contributed by atoms with Crippen LogP contribution in [0.1, 0.15) is 25.3 Å². The zero-order valence-corrected chi connectivity index (χ0v) is 20.0. The average Bonchev–Trinajstić information content (AvgIpc) is 3.33. The SMILES string of the molecule is COC(=O)C1=C(C)NC(C)=C(C(=O)OC)C1c1ccccc1-c1nc(-c2ccc(O)cc2)cs1. The van der Waals surface area contributed by atoms with E-state index in [-0.39, 0.29) is 5.75 Å². The second-order valence-electron chi connectivity index (χ2n) is 7.79. The highest BCUT2D eigenvalue weighted by Gasteiger charge is 2.38. The molecule has 34 heavy (non-hydrogen) atoms. The molecule has 0 bridgehead atoms. The van der Waals surface area contributed by atoms with Crippen molar-refractivity contribution >= 4 is 23.3 Å². The van der Waals surface area contributed by atoms with E-state index in [0.717, 1.165) is 27.4 Å². The highest BCUT2D eigenvalue weighted by molar-refractivity contribution is 7.13.